The number of pyridine rings is 2. The lowest BCUT2D eigenvalue weighted by Crippen LogP contribution is -2.36. The highest BCUT2D eigenvalue weighted by Gasteiger charge is 2.39. The predicted octanol–water partition coefficient (Wildman–Crippen LogP) is 2.35. The van der Waals surface area contributed by atoms with Crippen LogP contribution in [0.1, 0.15) is 18.8 Å². The van der Waals surface area contributed by atoms with Crippen molar-refractivity contribution in [1.82, 2.24) is 29.8 Å². The Morgan fingerprint density at radius 1 is 1.31 bits per heavy atom. The second kappa shape index (κ2) is 8.38. The molecule has 1 aliphatic carbocycles. The number of carbonyl (C=O) groups excluding carboxylic acids is 1. The summed E-state index contributed by atoms with van der Waals surface area (Å²) in [5.74, 6) is -0.519. The van der Waals surface area contributed by atoms with Gasteiger partial charge in [-0.25, -0.2) is 18.9 Å². The molecule has 0 unspecified atom stereocenters. The van der Waals surface area contributed by atoms with Gasteiger partial charge in [-0.1, -0.05) is 6.92 Å². The number of ether oxygens (including phenoxy) is 1. The van der Waals surface area contributed by atoms with Gasteiger partial charge in [0.15, 0.2) is 28.9 Å². The van der Waals surface area contributed by atoms with Crippen molar-refractivity contribution in [3.05, 3.63) is 30.3 Å². The van der Waals surface area contributed by atoms with Gasteiger partial charge in [-0.3, -0.25) is 4.79 Å². The summed E-state index contributed by atoms with van der Waals surface area (Å²) < 4.78 is 53.0. The topological polar surface area (TPSA) is 122 Å². The SMILES string of the molecule is [2H]c1c(N2CCOCC2)cc(F)c2nc(-c3cnc(NC([2H])([2H])[2H])c4nnc(NC(=O)[C@H]5C[C@H]5C)cc34)nn12. The largest absolute Gasteiger partial charge is 0.378 e. The Labute approximate surface area is 205 Å². The number of nitrogens with zero attached hydrogens (tertiary/aromatic N) is 7. The molecule has 1 aliphatic heterocycles. The van der Waals surface area contributed by atoms with Crippen molar-refractivity contribution in [3.8, 4) is 11.4 Å². The smallest absolute Gasteiger partial charge is 0.228 e. The number of halogens is 1. The van der Waals surface area contributed by atoms with E-state index < -0.39 is 12.8 Å². The molecule has 0 radical (unpaired) electrons. The normalized spacial score (nSPS) is 21.8. The summed E-state index contributed by atoms with van der Waals surface area (Å²) in [4.78, 5) is 22.9. The molecule has 6 rings (SSSR count). The maximum atomic E-state index is 15.2. The van der Waals surface area contributed by atoms with Crippen molar-refractivity contribution in [2.24, 2.45) is 11.8 Å². The molecule has 0 bridgehead atoms. The number of anilines is 3. The van der Waals surface area contributed by atoms with E-state index in [9.17, 15) is 4.79 Å². The van der Waals surface area contributed by atoms with E-state index in [0.717, 1.165) is 10.9 Å². The monoisotopic (exact) mass is 481 g/mol. The third-order valence-electron chi connectivity index (χ3n) is 6.34. The number of hydrogen-bond donors (Lipinski definition) is 2. The molecule has 1 saturated heterocycles. The average molecular weight is 482 g/mol. The van der Waals surface area contributed by atoms with Gasteiger partial charge in [-0.05, 0) is 18.4 Å². The van der Waals surface area contributed by atoms with Crippen molar-refractivity contribution in [1.29, 1.82) is 0 Å². The maximum absolute atomic E-state index is 15.2. The molecule has 1 saturated carbocycles. The first-order valence-electron chi connectivity index (χ1n) is 13.2. The summed E-state index contributed by atoms with van der Waals surface area (Å²) >= 11 is 0. The van der Waals surface area contributed by atoms with E-state index >= 15 is 4.39 Å². The zero-order valence-electron chi connectivity index (χ0n) is 22.7. The van der Waals surface area contributed by atoms with Gasteiger partial charge >= 0.3 is 0 Å². The summed E-state index contributed by atoms with van der Waals surface area (Å²) in [7, 11) is 0. The van der Waals surface area contributed by atoms with Gasteiger partial charge in [0.2, 0.25) is 5.91 Å². The van der Waals surface area contributed by atoms with Crippen LogP contribution in [0.2, 0.25) is 0 Å². The zero-order chi connectivity index (χ0) is 27.5. The second-order valence-electron chi connectivity index (χ2n) is 8.71. The highest BCUT2D eigenvalue weighted by molar-refractivity contribution is 6.01. The fourth-order valence-electron chi connectivity index (χ4n) is 4.22. The Balaban J connectivity index is 1.47. The molecular weight excluding hydrogens is 453 g/mol. The molecule has 2 aliphatic rings. The predicted molar refractivity (Wildman–Crippen MR) is 128 cm³/mol. The highest BCUT2D eigenvalue weighted by atomic mass is 19.1. The van der Waals surface area contributed by atoms with E-state index in [2.05, 4.69) is 35.9 Å². The van der Waals surface area contributed by atoms with Crippen molar-refractivity contribution in [3.63, 3.8) is 0 Å². The molecule has 180 valence electrons. The van der Waals surface area contributed by atoms with Gasteiger partial charge in [0, 0.05) is 53.3 Å². The molecule has 2 atom stereocenters. The van der Waals surface area contributed by atoms with Crippen molar-refractivity contribution in [2.45, 2.75) is 13.3 Å². The number of morpholine rings is 1. The van der Waals surface area contributed by atoms with E-state index in [-0.39, 0.29) is 52.5 Å². The number of rotatable bonds is 5. The van der Waals surface area contributed by atoms with Gasteiger partial charge in [-0.15, -0.1) is 15.3 Å². The average Bonchev–Trinajstić information content (AvgIpc) is 3.46. The molecule has 4 aromatic rings. The van der Waals surface area contributed by atoms with Gasteiger partial charge in [-0.2, -0.15) is 0 Å². The number of hydrogen-bond acceptors (Lipinski definition) is 9. The van der Waals surface area contributed by atoms with Crippen LogP contribution in [0.5, 0.6) is 0 Å². The highest BCUT2D eigenvalue weighted by Crippen LogP contribution is 2.38. The first kappa shape index (κ1) is 17.5. The fourth-order valence-corrected chi connectivity index (χ4v) is 4.22. The van der Waals surface area contributed by atoms with Gasteiger partial charge in [0.1, 0.15) is 5.52 Å². The first-order chi connectivity index (χ1) is 18.6. The lowest BCUT2D eigenvalue weighted by atomic mass is 10.1. The van der Waals surface area contributed by atoms with Crippen LogP contribution < -0.4 is 15.5 Å². The second-order valence-corrected chi connectivity index (χ2v) is 8.71. The lowest BCUT2D eigenvalue weighted by molar-refractivity contribution is -0.117. The van der Waals surface area contributed by atoms with Crippen LogP contribution in [-0.2, 0) is 9.53 Å². The summed E-state index contributed by atoms with van der Waals surface area (Å²) in [5.41, 5.74) is 0.607. The van der Waals surface area contributed by atoms with Crippen molar-refractivity contribution in [2.75, 3.05) is 48.8 Å². The Kier molecular flexibility index (Phi) is 4.19. The standard InChI is InChI=1S/C23H24FN9O2/c1-12-7-14(12)23(34)27-18-9-15-16(10-26-21(25-2)19(15)30-29-18)20-28-22-17(24)8-13(11-33(22)31-20)32-3-5-35-6-4-32/h8-12,14H,3-7H2,1-2H3,(H,25,26)(H,27,29,34)/t12-,14+/m1/s1/i2D3,11D. The minimum Gasteiger partial charge on any atom is -0.378 e. The molecule has 0 spiro atoms. The van der Waals surface area contributed by atoms with Gasteiger partial charge < -0.3 is 20.3 Å². The van der Waals surface area contributed by atoms with Crippen LogP contribution in [0.25, 0.3) is 27.9 Å². The minimum absolute atomic E-state index is 0.0422. The molecule has 2 fully saturated rings. The number of aromatic nitrogens is 6. The molecular formula is C23H24FN9O2. The van der Waals surface area contributed by atoms with E-state index in [0.29, 0.717) is 42.9 Å². The molecule has 12 heteroatoms. The number of fused-ring (bicyclic) bond motifs is 2. The van der Waals surface area contributed by atoms with Crippen LogP contribution in [0.3, 0.4) is 0 Å². The van der Waals surface area contributed by atoms with E-state index in [1.807, 2.05) is 11.8 Å². The quantitative estimate of drug-likeness (QED) is 0.442. The summed E-state index contributed by atoms with van der Waals surface area (Å²) in [6.07, 6.45) is 2.08. The minimum atomic E-state index is -2.56. The van der Waals surface area contributed by atoms with Gasteiger partial charge in [0.05, 0.1) is 26.4 Å². The van der Waals surface area contributed by atoms with Crippen LogP contribution in [-0.4, -0.2) is 69.0 Å². The molecule has 11 nitrogen and oxygen atoms in total. The summed E-state index contributed by atoms with van der Waals surface area (Å²) in [5, 5.41) is 18.0. The summed E-state index contributed by atoms with van der Waals surface area (Å²) in [6, 6.07) is 2.79. The van der Waals surface area contributed by atoms with E-state index in [4.69, 9.17) is 10.2 Å². The number of carbonyl (C=O) groups is 1. The molecule has 1 amide bonds. The van der Waals surface area contributed by atoms with Crippen molar-refractivity contribution < 1.29 is 19.4 Å². The Bertz CT molecular complexity index is 1610. The first-order valence-corrected chi connectivity index (χ1v) is 11.2. The van der Waals surface area contributed by atoms with Gasteiger partial charge in [0.25, 0.3) is 0 Å². The third-order valence-corrected chi connectivity index (χ3v) is 6.34. The molecule has 5 heterocycles. The van der Waals surface area contributed by atoms with Crippen LogP contribution in [0.4, 0.5) is 21.7 Å². The number of nitrogens with one attached hydrogen (secondary N) is 2. The van der Waals surface area contributed by atoms with Crippen LogP contribution in [0, 0.1) is 17.7 Å². The Morgan fingerprint density at radius 3 is 2.91 bits per heavy atom. The summed E-state index contributed by atoms with van der Waals surface area (Å²) in [6.45, 7) is 1.38. The van der Waals surface area contributed by atoms with Crippen molar-refractivity contribution >= 4 is 39.8 Å². The lowest BCUT2D eigenvalue weighted by Gasteiger charge is -2.28. The van der Waals surface area contributed by atoms with E-state index in [1.54, 1.807) is 0 Å². The number of amides is 1. The molecule has 0 aromatic carbocycles. The van der Waals surface area contributed by atoms with E-state index in [1.165, 1.54) is 18.3 Å². The zero-order valence-corrected chi connectivity index (χ0v) is 18.7. The fraction of sp³-hybridized carbons (Fsp3) is 0.391. The van der Waals surface area contributed by atoms with Crippen LogP contribution in [0.15, 0.2) is 24.5 Å². The Hall–Kier alpha value is -3.93. The third kappa shape index (κ3) is 3.89. The maximum Gasteiger partial charge on any atom is 0.228 e. The molecule has 2 N–H and O–H groups in total. The van der Waals surface area contributed by atoms with Crippen LogP contribution >= 0.6 is 0 Å². The molecule has 35 heavy (non-hydrogen) atoms. The molecule has 4 aromatic heterocycles. The Morgan fingerprint density at radius 2 is 2.14 bits per heavy atom.